The van der Waals surface area contributed by atoms with Crippen molar-refractivity contribution in [2.75, 3.05) is 26.2 Å². The zero-order chi connectivity index (χ0) is 18.9. The van der Waals surface area contributed by atoms with Crippen molar-refractivity contribution in [2.45, 2.75) is 39.3 Å². The molecule has 0 aliphatic carbocycles. The van der Waals surface area contributed by atoms with Crippen LogP contribution in [0.25, 0.3) is 11.0 Å². The quantitative estimate of drug-likeness (QED) is 0.648. The fourth-order valence-corrected chi connectivity index (χ4v) is 3.81. The first-order chi connectivity index (χ1) is 13.0. The van der Waals surface area contributed by atoms with E-state index in [1.165, 1.54) is 16.5 Å². The summed E-state index contributed by atoms with van der Waals surface area (Å²) in [5, 5.41) is 1.20. The van der Waals surface area contributed by atoms with Gasteiger partial charge in [-0.15, -0.1) is 0 Å². The molecule has 0 amide bonds. The average Bonchev–Trinajstić information content (AvgIpc) is 3.05. The Morgan fingerprint density at radius 2 is 1.44 bits per heavy atom. The van der Waals surface area contributed by atoms with Gasteiger partial charge in [-0.25, -0.2) is 0 Å². The molecule has 2 heterocycles. The van der Waals surface area contributed by atoms with E-state index >= 15 is 0 Å². The molecular formula is C24H30N2O. The van der Waals surface area contributed by atoms with Gasteiger partial charge in [-0.05, 0) is 28.7 Å². The first-order valence-electron chi connectivity index (χ1n) is 9.99. The van der Waals surface area contributed by atoms with Crippen LogP contribution in [0.3, 0.4) is 0 Å². The minimum absolute atomic E-state index is 0.223. The van der Waals surface area contributed by atoms with Crippen LogP contribution in [0.5, 0.6) is 0 Å². The second kappa shape index (κ2) is 7.49. The van der Waals surface area contributed by atoms with Crippen LogP contribution in [0, 0.1) is 0 Å². The summed E-state index contributed by atoms with van der Waals surface area (Å²) in [6.07, 6.45) is 0. The van der Waals surface area contributed by atoms with Gasteiger partial charge in [-0.3, -0.25) is 9.80 Å². The van der Waals surface area contributed by atoms with Gasteiger partial charge >= 0.3 is 0 Å². The maximum absolute atomic E-state index is 5.98. The maximum Gasteiger partial charge on any atom is 0.134 e. The van der Waals surface area contributed by atoms with E-state index in [0.29, 0.717) is 0 Å². The Balaban J connectivity index is 1.29. The Kier molecular flexibility index (Phi) is 5.07. The third-order valence-electron chi connectivity index (χ3n) is 5.55. The Morgan fingerprint density at radius 3 is 2.07 bits per heavy atom. The first-order valence-corrected chi connectivity index (χ1v) is 9.99. The van der Waals surface area contributed by atoms with E-state index in [9.17, 15) is 0 Å². The summed E-state index contributed by atoms with van der Waals surface area (Å²) < 4.78 is 5.98. The third-order valence-corrected chi connectivity index (χ3v) is 5.55. The molecule has 142 valence electrons. The molecule has 1 saturated heterocycles. The Labute approximate surface area is 162 Å². The monoisotopic (exact) mass is 362 g/mol. The highest BCUT2D eigenvalue weighted by atomic mass is 16.3. The molecule has 0 unspecified atom stereocenters. The van der Waals surface area contributed by atoms with Crippen LogP contribution in [0.1, 0.15) is 37.7 Å². The molecule has 3 aromatic rings. The van der Waals surface area contributed by atoms with E-state index in [1.807, 2.05) is 12.1 Å². The molecular weight excluding hydrogens is 332 g/mol. The van der Waals surface area contributed by atoms with Crippen molar-refractivity contribution in [2.24, 2.45) is 0 Å². The second-order valence-electron chi connectivity index (χ2n) is 8.75. The molecule has 0 bridgehead atoms. The molecule has 27 heavy (non-hydrogen) atoms. The summed E-state index contributed by atoms with van der Waals surface area (Å²) in [7, 11) is 0. The molecule has 0 radical (unpaired) electrons. The summed E-state index contributed by atoms with van der Waals surface area (Å²) in [4.78, 5) is 5.05. The van der Waals surface area contributed by atoms with Gasteiger partial charge in [0.05, 0.1) is 6.54 Å². The highest BCUT2D eigenvalue weighted by Crippen LogP contribution is 2.23. The largest absolute Gasteiger partial charge is 0.460 e. The van der Waals surface area contributed by atoms with Crippen molar-refractivity contribution < 1.29 is 4.42 Å². The van der Waals surface area contributed by atoms with Crippen molar-refractivity contribution in [1.29, 1.82) is 0 Å². The average molecular weight is 363 g/mol. The lowest BCUT2D eigenvalue weighted by molar-refractivity contribution is 0.116. The van der Waals surface area contributed by atoms with Crippen LogP contribution in [0.2, 0.25) is 0 Å². The van der Waals surface area contributed by atoms with Crippen molar-refractivity contribution in [1.82, 2.24) is 9.80 Å². The Bertz CT molecular complexity index is 848. The number of piperazine rings is 1. The molecule has 2 aromatic carbocycles. The van der Waals surface area contributed by atoms with Crippen LogP contribution >= 0.6 is 0 Å². The zero-order valence-corrected chi connectivity index (χ0v) is 16.7. The molecule has 4 rings (SSSR count). The number of hydrogen-bond donors (Lipinski definition) is 0. The van der Waals surface area contributed by atoms with E-state index in [1.54, 1.807) is 0 Å². The summed E-state index contributed by atoms with van der Waals surface area (Å²) >= 11 is 0. The van der Waals surface area contributed by atoms with Crippen LogP contribution in [0.4, 0.5) is 0 Å². The summed E-state index contributed by atoms with van der Waals surface area (Å²) in [6, 6.07) is 19.6. The normalized spacial score (nSPS) is 16.9. The van der Waals surface area contributed by atoms with E-state index < -0.39 is 0 Å². The Hall–Kier alpha value is -2.10. The van der Waals surface area contributed by atoms with Gasteiger partial charge in [0.1, 0.15) is 11.3 Å². The van der Waals surface area contributed by atoms with Crippen molar-refractivity contribution in [3.05, 3.63) is 71.5 Å². The summed E-state index contributed by atoms with van der Waals surface area (Å²) in [5.41, 5.74) is 4.03. The molecule has 0 spiro atoms. The van der Waals surface area contributed by atoms with Gasteiger partial charge in [0.2, 0.25) is 0 Å². The predicted octanol–water partition coefficient (Wildman–Crippen LogP) is 5.05. The number of fused-ring (bicyclic) bond motifs is 1. The molecule has 1 fully saturated rings. The van der Waals surface area contributed by atoms with E-state index in [-0.39, 0.29) is 5.41 Å². The van der Waals surface area contributed by atoms with Gasteiger partial charge < -0.3 is 4.42 Å². The zero-order valence-electron chi connectivity index (χ0n) is 16.7. The fourth-order valence-electron chi connectivity index (χ4n) is 3.81. The minimum atomic E-state index is 0.223. The number of hydrogen-bond acceptors (Lipinski definition) is 3. The third kappa shape index (κ3) is 4.42. The van der Waals surface area contributed by atoms with Crippen molar-refractivity contribution >= 4 is 11.0 Å². The molecule has 0 saturated carbocycles. The lowest BCUT2D eigenvalue weighted by Gasteiger charge is -2.34. The van der Waals surface area contributed by atoms with Gasteiger partial charge in [-0.1, -0.05) is 63.2 Å². The van der Waals surface area contributed by atoms with Crippen molar-refractivity contribution in [3.63, 3.8) is 0 Å². The Morgan fingerprint density at radius 1 is 0.815 bits per heavy atom. The van der Waals surface area contributed by atoms with Crippen LogP contribution in [-0.2, 0) is 18.5 Å². The van der Waals surface area contributed by atoms with Gasteiger partial charge in [-0.2, -0.15) is 0 Å². The van der Waals surface area contributed by atoms with E-state index in [2.05, 4.69) is 73.0 Å². The number of para-hydroxylation sites is 1. The molecule has 0 N–H and O–H groups in total. The highest BCUT2D eigenvalue weighted by molar-refractivity contribution is 5.77. The van der Waals surface area contributed by atoms with E-state index in [0.717, 1.165) is 50.6 Å². The van der Waals surface area contributed by atoms with Crippen molar-refractivity contribution in [3.8, 4) is 0 Å². The molecule has 1 aromatic heterocycles. The number of furan rings is 1. The second-order valence-corrected chi connectivity index (χ2v) is 8.75. The topological polar surface area (TPSA) is 19.6 Å². The molecule has 1 aliphatic heterocycles. The standard InChI is InChI=1S/C24H30N2O/c1-24(2,3)21-10-8-19(9-11-21)17-25-12-14-26(15-13-25)18-22-16-20-6-4-5-7-23(20)27-22/h4-11,16H,12-15,17-18H2,1-3H3. The van der Waals surface area contributed by atoms with Crippen LogP contribution < -0.4 is 0 Å². The summed E-state index contributed by atoms with van der Waals surface area (Å²) in [6.45, 7) is 13.2. The number of benzene rings is 2. The fraction of sp³-hybridized carbons (Fsp3) is 0.417. The SMILES string of the molecule is CC(C)(C)c1ccc(CN2CCN(Cc3cc4ccccc4o3)CC2)cc1. The van der Waals surface area contributed by atoms with Gasteiger partial charge in [0, 0.05) is 38.1 Å². The minimum Gasteiger partial charge on any atom is -0.460 e. The molecule has 0 atom stereocenters. The molecule has 3 nitrogen and oxygen atoms in total. The predicted molar refractivity (Wildman–Crippen MR) is 112 cm³/mol. The first kappa shape index (κ1) is 18.3. The number of nitrogens with zero attached hydrogens (tertiary/aromatic N) is 2. The van der Waals surface area contributed by atoms with Gasteiger partial charge in [0.15, 0.2) is 0 Å². The van der Waals surface area contributed by atoms with E-state index in [4.69, 9.17) is 4.42 Å². The maximum atomic E-state index is 5.98. The lowest BCUT2D eigenvalue weighted by atomic mass is 9.87. The highest BCUT2D eigenvalue weighted by Gasteiger charge is 2.19. The molecule has 3 heteroatoms. The van der Waals surface area contributed by atoms with Crippen LogP contribution in [0.15, 0.2) is 59.0 Å². The summed E-state index contributed by atoms with van der Waals surface area (Å²) in [5.74, 6) is 1.07. The number of rotatable bonds is 4. The lowest BCUT2D eigenvalue weighted by Crippen LogP contribution is -2.45. The van der Waals surface area contributed by atoms with Gasteiger partial charge in [0.25, 0.3) is 0 Å². The smallest absolute Gasteiger partial charge is 0.134 e. The molecule has 1 aliphatic rings. The van der Waals surface area contributed by atoms with Crippen LogP contribution in [-0.4, -0.2) is 36.0 Å².